The number of carbonyl (C=O) groups is 1. The molecule has 1 fully saturated rings. The number of nitrogens with one attached hydrogen (secondary N) is 2. The van der Waals surface area contributed by atoms with Crippen LogP contribution in [0.3, 0.4) is 0 Å². The molecule has 1 amide bonds. The van der Waals surface area contributed by atoms with Crippen LogP contribution in [-0.2, 0) is 11.2 Å². The molecule has 3 nitrogen and oxygen atoms in total. The predicted molar refractivity (Wildman–Crippen MR) is 87.3 cm³/mol. The van der Waals surface area contributed by atoms with Crippen LogP contribution < -0.4 is 10.6 Å². The summed E-state index contributed by atoms with van der Waals surface area (Å²) in [6.45, 7) is 5.11. The van der Waals surface area contributed by atoms with Crippen LogP contribution in [0.4, 0.5) is 0 Å². The summed E-state index contributed by atoms with van der Waals surface area (Å²) < 4.78 is 0. The van der Waals surface area contributed by atoms with Crippen molar-refractivity contribution < 1.29 is 4.79 Å². The molecule has 1 unspecified atom stereocenters. The second kappa shape index (κ2) is 8.18. The van der Waals surface area contributed by atoms with E-state index in [1.807, 2.05) is 0 Å². The Balaban J connectivity index is 1.69. The molecule has 1 atom stereocenters. The Hall–Kier alpha value is -1.35. The van der Waals surface area contributed by atoms with Crippen molar-refractivity contribution in [1.82, 2.24) is 10.6 Å². The van der Waals surface area contributed by atoms with Gasteiger partial charge in [-0.05, 0) is 43.7 Å². The van der Waals surface area contributed by atoms with Crippen molar-refractivity contribution in [1.29, 1.82) is 0 Å². The molecule has 2 N–H and O–H groups in total. The van der Waals surface area contributed by atoms with Gasteiger partial charge in [0.2, 0.25) is 5.91 Å². The van der Waals surface area contributed by atoms with Gasteiger partial charge in [0.1, 0.15) is 0 Å². The minimum absolute atomic E-state index is 0.173. The van der Waals surface area contributed by atoms with Crippen molar-refractivity contribution in [3.8, 4) is 0 Å². The zero-order chi connectivity index (χ0) is 15.1. The SMILES string of the molecule is CCCCc1ccc(C(C)NCCC(=O)NC2CC2)cc1. The van der Waals surface area contributed by atoms with Crippen LogP contribution in [0.15, 0.2) is 24.3 Å². The van der Waals surface area contributed by atoms with Gasteiger partial charge in [-0.1, -0.05) is 37.6 Å². The first-order chi connectivity index (χ1) is 10.2. The highest BCUT2D eigenvalue weighted by atomic mass is 16.1. The standard InChI is InChI=1S/C18H28N2O/c1-3-4-5-15-6-8-16(9-7-15)14(2)19-13-12-18(21)20-17-10-11-17/h6-9,14,17,19H,3-5,10-13H2,1-2H3,(H,20,21). The lowest BCUT2D eigenvalue weighted by Crippen LogP contribution is -2.30. The summed E-state index contributed by atoms with van der Waals surface area (Å²) in [6.07, 6.45) is 6.53. The lowest BCUT2D eigenvalue weighted by atomic mass is 10.0. The molecule has 1 aliphatic carbocycles. The fraction of sp³-hybridized carbons (Fsp3) is 0.611. The molecule has 0 saturated heterocycles. The van der Waals surface area contributed by atoms with Crippen molar-refractivity contribution in [3.05, 3.63) is 35.4 Å². The Morgan fingerprint density at radius 3 is 2.62 bits per heavy atom. The van der Waals surface area contributed by atoms with Crippen molar-refractivity contribution in [2.24, 2.45) is 0 Å². The van der Waals surface area contributed by atoms with Crippen LogP contribution in [0.5, 0.6) is 0 Å². The highest BCUT2D eigenvalue weighted by molar-refractivity contribution is 5.76. The van der Waals surface area contributed by atoms with E-state index in [-0.39, 0.29) is 5.91 Å². The van der Waals surface area contributed by atoms with E-state index in [4.69, 9.17) is 0 Å². The molecule has 1 aromatic carbocycles. The van der Waals surface area contributed by atoms with E-state index in [1.165, 1.54) is 30.4 Å². The van der Waals surface area contributed by atoms with Crippen LogP contribution in [-0.4, -0.2) is 18.5 Å². The van der Waals surface area contributed by atoms with E-state index in [1.54, 1.807) is 0 Å². The lowest BCUT2D eigenvalue weighted by molar-refractivity contribution is -0.121. The van der Waals surface area contributed by atoms with Gasteiger partial charge >= 0.3 is 0 Å². The molecule has 3 heteroatoms. The second-order valence-corrected chi connectivity index (χ2v) is 6.11. The average molecular weight is 288 g/mol. The molecule has 0 aliphatic heterocycles. The second-order valence-electron chi connectivity index (χ2n) is 6.11. The normalized spacial score (nSPS) is 15.7. The van der Waals surface area contributed by atoms with Gasteiger partial charge in [0, 0.05) is 25.0 Å². The maximum atomic E-state index is 11.6. The number of unbranched alkanes of at least 4 members (excludes halogenated alkanes) is 1. The zero-order valence-corrected chi connectivity index (χ0v) is 13.3. The Bertz CT molecular complexity index is 437. The van der Waals surface area contributed by atoms with Gasteiger partial charge < -0.3 is 10.6 Å². The van der Waals surface area contributed by atoms with Crippen molar-refractivity contribution >= 4 is 5.91 Å². The van der Waals surface area contributed by atoms with Crippen LogP contribution in [0.2, 0.25) is 0 Å². The molecule has 0 spiro atoms. The van der Waals surface area contributed by atoms with E-state index in [0.717, 1.165) is 19.4 Å². The summed E-state index contributed by atoms with van der Waals surface area (Å²) in [5.41, 5.74) is 2.70. The summed E-state index contributed by atoms with van der Waals surface area (Å²) in [4.78, 5) is 11.6. The molecular weight excluding hydrogens is 260 g/mol. The number of benzene rings is 1. The minimum Gasteiger partial charge on any atom is -0.353 e. The van der Waals surface area contributed by atoms with Gasteiger partial charge in [0.15, 0.2) is 0 Å². The highest BCUT2D eigenvalue weighted by Gasteiger charge is 2.22. The van der Waals surface area contributed by atoms with E-state index in [9.17, 15) is 4.79 Å². The van der Waals surface area contributed by atoms with Crippen LogP contribution in [0.1, 0.15) is 63.1 Å². The third-order valence-electron chi connectivity index (χ3n) is 4.04. The van der Waals surface area contributed by atoms with Crippen molar-refractivity contribution in [2.75, 3.05) is 6.54 Å². The number of amides is 1. The molecule has 1 aliphatic rings. The molecule has 2 rings (SSSR count). The van der Waals surface area contributed by atoms with Gasteiger partial charge in [-0.15, -0.1) is 0 Å². The maximum Gasteiger partial charge on any atom is 0.221 e. The molecule has 116 valence electrons. The lowest BCUT2D eigenvalue weighted by Gasteiger charge is -2.14. The van der Waals surface area contributed by atoms with Crippen LogP contribution in [0, 0.1) is 0 Å². The monoisotopic (exact) mass is 288 g/mol. The maximum absolute atomic E-state index is 11.6. The first-order valence-corrected chi connectivity index (χ1v) is 8.30. The molecule has 1 saturated carbocycles. The third kappa shape index (κ3) is 5.88. The summed E-state index contributed by atoms with van der Waals surface area (Å²) in [5.74, 6) is 0.173. The van der Waals surface area contributed by atoms with Gasteiger partial charge in [-0.3, -0.25) is 4.79 Å². The Morgan fingerprint density at radius 2 is 2.00 bits per heavy atom. The fourth-order valence-electron chi connectivity index (χ4n) is 2.40. The summed E-state index contributed by atoms with van der Waals surface area (Å²) in [5, 5.41) is 6.44. The van der Waals surface area contributed by atoms with Gasteiger partial charge in [-0.2, -0.15) is 0 Å². The number of carbonyl (C=O) groups excluding carboxylic acids is 1. The van der Waals surface area contributed by atoms with E-state index < -0.39 is 0 Å². The topological polar surface area (TPSA) is 41.1 Å². The zero-order valence-electron chi connectivity index (χ0n) is 13.3. The number of hydrogen-bond acceptors (Lipinski definition) is 2. The number of rotatable bonds is 9. The predicted octanol–water partition coefficient (Wildman–Crippen LogP) is 3.35. The average Bonchev–Trinajstić information content (AvgIpc) is 3.29. The fourth-order valence-corrected chi connectivity index (χ4v) is 2.40. The van der Waals surface area contributed by atoms with E-state index in [2.05, 4.69) is 48.7 Å². The molecular formula is C18H28N2O. The molecule has 0 aromatic heterocycles. The van der Waals surface area contributed by atoms with Gasteiger partial charge in [0.05, 0.1) is 0 Å². The molecule has 0 heterocycles. The first kappa shape index (κ1) is 16.0. The van der Waals surface area contributed by atoms with Gasteiger partial charge in [-0.25, -0.2) is 0 Å². The quantitative estimate of drug-likeness (QED) is 0.731. The summed E-state index contributed by atoms with van der Waals surface area (Å²) >= 11 is 0. The van der Waals surface area contributed by atoms with Gasteiger partial charge in [0.25, 0.3) is 0 Å². The smallest absolute Gasteiger partial charge is 0.221 e. The largest absolute Gasteiger partial charge is 0.353 e. The molecule has 0 radical (unpaired) electrons. The first-order valence-electron chi connectivity index (χ1n) is 8.30. The van der Waals surface area contributed by atoms with Crippen LogP contribution in [0.25, 0.3) is 0 Å². The van der Waals surface area contributed by atoms with E-state index in [0.29, 0.717) is 18.5 Å². The van der Waals surface area contributed by atoms with Crippen molar-refractivity contribution in [3.63, 3.8) is 0 Å². The molecule has 0 bridgehead atoms. The third-order valence-corrected chi connectivity index (χ3v) is 4.04. The van der Waals surface area contributed by atoms with Crippen LogP contribution >= 0.6 is 0 Å². The highest BCUT2D eigenvalue weighted by Crippen LogP contribution is 2.18. The molecule has 21 heavy (non-hydrogen) atoms. The Kier molecular flexibility index (Phi) is 6.24. The number of hydrogen-bond donors (Lipinski definition) is 2. The molecule has 1 aromatic rings. The minimum atomic E-state index is 0.173. The van der Waals surface area contributed by atoms with E-state index >= 15 is 0 Å². The number of aryl methyl sites for hydroxylation is 1. The summed E-state index contributed by atoms with van der Waals surface area (Å²) in [6, 6.07) is 9.61. The summed E-state index contributed by atoms with van der Waals surface area (Å²) in [7, 11) is 0. The Labute approximate surface area is 128 Å². The Morgan fingerprint density at radius 1 is 1.29 bits per heavy atom. The van der Waals surface area contributed by atoms with Crippen molar-refractivity contribution in [2.45, 2.75) is 64.5 Å².